The van der Waals surface area contributed by atoms with Crippen molar-refractivity contribution in [3.63, 3.8) is 0 Å². The molecule has 1 unspecified atom stereocenters. The summed E-state index contributed by atoms with van der Waals surface area (Å²) in [4.78, 5) is 0. The summed E-state index contributed by atoms with van der Waals surface area (Å²) in [5.41, 5.74) is 0. The molecule has 1 aliphatic carbocycles. The van der Waals surface area contributed by atoms with E-state index >= 15 is 0 Å². The monoisotopic (exact) mass is 202 g/mol. The van der Waals surface area contributed by atoms with Crippen molar-refractivity contribution in [2.75, 3.05) is 0 Å². The third-order valence-corrected chi connectivity index (χ3v) is 3.06. The Labute approximate surface area is 71.8 Å². The summed E-state index contributed by atoms with van der Waals surface area (Å²) in [6, 6.07) is 0. The van der Waals surface area contributed by atoms with Crippen LogP contribution in [0, 0.1) is 11.8 Å². The molecule has 0 saturated carbocycles. The second-order valence-corrected chi connectivity index (χ2v) is 4.45. The minimum Gasteiger partial charge on any atom is -0.0741 e. The van der Waals surface area contributed by atoms with Crippen LogP contribution in [0.3, 0.4) is 0 Å². The van der Waals surface area contributed by atoms with Crippen molar-refractivity contribution in [3.8, 4) is 0 Å². The highest BCUT2D eigenvalue weighted by molar-refractivity contribution is 9.11. The van der Waals surface area contributed by atoms with E-state index in [-0.39, 0.29) is 0 Å². The third kappa shape index (κ3) is 2.12. The van der Waals surface area contributed by atoms with Crippen LogP contribution in [0.25, 0.3) is 0 Å². The van der Waals surface area contributed by atoms with Gasteiger partial charge in [-0.2, -0.15) is 0 Å². The molecule has 58 valence electrons. The van der Waals surface area contributed by atoms with Gasteiger partial charge in [-0.25, -0.2) is 0 Å². The first-order chi connectivity index (χ1) is 4.70. The van der Waals surface area contributed by atoms with Crippen LogP contribution in [-0.2, 0) is 0 Å². The second kappa shape index (κ2) is 3.56. The molecule has 0 N–H and O–H groups in total. The Hall–Kier alpha value is 0.220. The smallest absolute Gasteiger partial charge is 0.00890 e. The summed E-state index contributed by atoms with van der Waals surface area (Å²) >= 11 is 3.53. The molecule has 0 aromatic carbocycles. The first-order valence-corrected chi connectivity index (χ1v) is 4.84. The molecule has 1 aliphatic rings. The Morgan fingerprint density at radius 1 is 1.60 bits per heavy atom. The van der Waals surface area contributed by atoms with Gasteiger partial charge >= 0.3 is 0 Å². The van der Waals surface area contributed by atoms with Gasteiger partial charge in [0, 0.05) is 0 Å². The number of hydrogen-bond acceptors (Lipinski definition) is 0. The van der Waals surface area contributed by atoms with Crippen molar-refractivity contribution in [2.24, 2.45) is 11.8 Å². The zero-order chi connectivity index (χ0) is 7.56. The largest absolute Gasteiger partial charge is 0.0741 e. The Morgan fingerprint density at radius 2 is 2.30 bits per heavy atom. The molecule has 0 amide bonds. The Balaban J connectivity index is 2.42. The molecule has 0 aromatic rings. The van der Waals surface area contributed by atoms with Gasteiger partial charge in [-0.05, 0) is 35.6 Å². The highest BCUT2D eigenvalue weighted by Gasteiger charge is 2.15. The van der Waals surface area contributed by atoms with Gasteiger partial charge in [0.05, 0.1) is 0 Å². The lowest BCUT2D eigenvalue weighted by molar-refractivity contribution is 0.355. The zero-order valence-corrected chi connectivity index (χ0v) is 8.32. The predicted molar refractivity (Wildman–Crippen MR) is 49.2 cm³/mol. The van der Waals surface area contributed by atoms with Gasteiger partial charge in [-0.1, -0.05) is 35.9 Å². The minimum absolute atomic E-state index is 0.858. The van der Waals surface area contributed by atoms with Crippen LogP contribution in [0.1, 0.15) is 33.1 Å². The van der Waals surface area contributed by atoms with Crippen LogP contribution in [0.15, 0.2) is 10.6 Å². The quantitative estimate of drug-likeness (QED) is 0.609. The molecule has 0 radical (unpaired) electrons. The van der Waals surface area contributed by atoms with E-state index in [9.17, 15) is 0 Å². The standard InChI is InChI=1S/C9H15Br/c1-7(2)8-3-5-9(10)6-4-8/h5,7-8H,3-4,6H2,1-2H3. The van der Waals surface area contributed by atoms with Crippen molar-refractivity contribution in [3.05, 3.63) is 10.6 Å². The lowest BCUT2D eigenvalue weighted by Gasteiger charge is -2.22. The second-order valence-electron chi connectivity index (χ2n) is 3.43. The Bertz CT molecular complexity index is 136. The molecule has 0 spiro atoms. The molecule has 1 heteroatoms. The van der Waals surface area contributed by atoms with Crippen LogP contribution in [0.5, 0.6) is 0 Å². The average Bonchev–Trinajstić information content (AvgIpc) is 1.88. The van der Waals surface area contributed by atoms with Crippen LogP contribution in [0.4, 0.5) is 0 Å². The van der Waals surface area contributed by atoms with E-state index in [4.69, 9.17) is 0 Å². The van der Waals surface area contributed by atoms with E-state index in [1.54, 1.807) is 0 Å². The number of allylic oxidation sites excluding steroid dienone is 2. The lowest BCUT2D eigenvalue weighted by atomic mass is 9.85. The van der Waals surface area contributed by atoms with E-state index < -0.39 is 0 Å². The first kappa shape index (κ1) is 8.32. The molecular weight excluding hydrogens is 188 g/mol. The fourth-order valence-corrected chi connectivity index (χ4v) is 1.84. The van der Waals surface area contributed by atoms with Crippen molar-refractivity contribution in [1.82, 2.24) is 0 Å². The molecule has 0 aromatic heterocycles. The third-order valence-electron chi connectivity index (χ3n) is 2.34. The average molecular weight is 203 g/mol. The number of hydrogen-bond donors (Lipinski definition) is 0. The molecule has 0 nitrogen and oxygen atoms in total. The van der Waals surface area contributed by atoms with Crippen molar-refractivity contribution in [2.45, 2.75) is 33.1 Å². The van der Waals surface area contributed by atoms with Gasteiger partial charge in [0.1, 0.15) is 0 Å². The normalized spacial score (nSPS) is 26.8. The highest BCUT2D eigenvalue weighted by atomic mass is 79.9. The van der Waals surface area contributed by atoms with Gasteiger partial charge in [0.2, 0.25) is 0 Å². The summed E-state index contributed by atoms with van der Waals surface area (Å²) in [5.74, 6) is 1.79. The Kier molecular flexibility index (Phi) is 2.96. The summed E-state index contributed by atoms with van der Waals surface area (Å²) < 4.78 is 1.41. The maximum absolute atomic E-state index is 3.53. The minimum atomic E-state index is 0.858. The van der Waals surface area contributed by atoms with E-state index in [0.717, 1.165) is 11.8 Å². The summed E-state index contributed by atoms with van der Waals surface area (Å²) in [5, 5.41) is 0. The maximum Gasteiger partial charge on any atom is -0.00890 e. The van der Waals surface area contributed by atoms with Crippen molar-refractivity contribution in [1.29, 1.82) is 0 Å². The molecule has 0 aliphatic heterocycles. The van der Waals surface area contributed by atoms with Crippen molar-refractivity contribution < 1.29 is 0 Å². The topological polar surface area (TPSA) is 0 Å². The van der Waals surface area contributed by atoms with Crippen LogP contribution in [0.2, 0.25) is 0 Å². The van der Waals surface area contributed by atoms with Crippen LogP contribution in [-0.4, -0.2) is 0 Å². The van der Waals surface area contributed by atoms with Crippen LogP contribution < -0.4 is 0 Å². The van der Waals surface area contributed by atoms with Gasteiger partial charge < -0.3 is 0 Å². The number of halogens is 1. The van der Waals surface area contributed by atoms with Gasteiger partial charge in [-0.15, -0.1) is 0 Å². The lowest BCUT2D eigenvalue weighted by Crippen LogP contribution is -2.10. The van der Waals surface area contributed by atoms with Gasteiger partial charge in [0.25, 0.3) is 0 Å². The Morgan fingerprint density at radius 3 is 2.70 bits per heavy atom. The molecule has 1 atom stereocenters. The fourth-order valence-electron chi connectivity index (χ4n) is 1.43. The van der Waals surface area contributed by atoms with E-state index in [2.05, 4.69) is 35.9 Å². The highest BCUT2D eigenvalue weighted by Crippen LogP contribution is 2.31. The summed E-state index contributed by atoms with van der Waals surface area (Å²) in [7, 11) is 0. The SMILES string of the molecule is CC(C)C1CC=C(Br)CC1. The van der Waals surface area contributed by atoms with Crippen LogP contribution >= 0.6 is 15.9 Å². The first-order valence-electron chi connectivity index (χ1n) is 4.04. The predicted octanol–water partition coefficient (Wildman–Crippen LogP) is 3.72. The van der Waals surface area contributed by atoms with E-state index in [1.165, 1.54) is 23.7 Å². The number of rotatable bonds is 1. The zero-order valence-electron chi connectivity index (χ0n) is 6.73. The molecule has 0 saturated heterocycles. The summed E-state index contributed by atoms with van der Waals surface area (Å²) in [6.07, 6.45) is 6.23. The molecule has 1 rings (SSSR count). The fraction of sp³-hybridized carbons (Fsp3) is 0.778. The summed E-state index contributed by atoms with van der Waals surface area (Å²) in [6.45, 7) is 4.63. The molecule has 0 heterocycles. The molecular formula is C9H15Br. The molecule has 0 fully saturated rings. The van der Waals surface area contributed by atoms with Crippen molar-refractivity contribution >= 4 is 15.9 Å². The molecule has 10 heavy (non-hydrogen) atoms. The molecule has 0 bridgehead atoms. The van der Waals surface area contributed by atoms with E-state index in [1.807, 2.05) is 0 Å². The van der Waals surface area contributed by atoms with Gasteiger partial charge in [-0.3, -0.25) is 0 Å². The van der Waals surface area contributed by atoms with Gasteiger partial charge in [0.15, 0.2) is 0 Å². The maximum atomic E-state index is 3.53. The van der Waals surface area contributed by atoms with E-state index in [0.29, 0.717) is 0 Å².